The first-order chi connectivity index (χ1) is 8.36. The maximum atomic E-state index is 3.91. The summed E-state index contributed by atoms with van der Waals surface area (Å²) in [5, 5.41) is 1.26. The topological polar surface area (TPSA) is 4.93 Å². The van der Waals surface area contributed by atoms with E-state index in [2.05, 4.69) is 59.9 Å². The van der Waals surface area contributed by atoms with Crippen molar-refractivity contribution < 1.29 is 0 Å². The van der Waals surface area contributed by atoms with Crippen LogP contribution in [0.1, 0.15) is 17.7 Å². The summed E-state index contributed by atoms with van der Waals surface area (Å²) in [5.41, 5.74) is 7.79. The molecule has 0 saturated heterocycles. The Balaban J connectivity index is 2.55. The summed E-state index contributed by atoms with van der Waals surface area (Å²) >= 11 is 0. The molecule has 0 unspecified atom stereocenters. The molecule has 1 heteroatoms. The number of benzene rings is 1. The highest BCUT2D eigenvalue weighted by Crippen LogP contribution is 2.36. The minimum Gasteiger partial charge on any atom is -0.316 e. The zero-order chi connectivity index (χ0) is 11.8. The van der Waals surface area contributed by atoms with Crippen LogP contribution in [0.25, 0.3) is 28.8 Å². The van der Waals surface area contributed by atoms with Gasteiger partial charge in [0, 0.05) is 29.1 Å². The number of fused-ring (bicyclic) bond motifs is 3. The van der Waals surface area contributed by atoms with Crippen LogP contribution in [0.5, 0.6) is 0 Å². The van der Waals surface area contributed by atoms with Gasteiger partial charge in [0.1, 0.15) is 0 Å². The molecule has 2 aromatic rings. The molecule has 1 aromatic carbocycles. The second kappa shape index (κ2) is 3.65. The fourth-order valence-electron chi connectivity index (χ4n) is 2.50. The number of hydrogen-bond acceptors (Lipinski definition) is 0. The first-order valence-corrected chi connectivity index (χ1v) is 5.68. The molecule has 0 bridgehead atoms. The number of allylic oxidation sites excluding steroid dienone is 2. The standard InChI is InChI=1S/C16H13N/c1-3-12-8-7-10-14-13-9-5-6-11-15(13)17(4-2)16(12)14/h4-7,9-11H,1-2,8H2. The molecule has 0 saturated carbocycles. The lowest BCUT2D eigenvalue weighted by Gasteiger charge is -2.11. The minimum atomic E-state index is 0.890. The number of nitrogens with zero attached hydrogens (tertiary/aromatic N) is 1. The Morgan fingerprint density at radius 1 is 1.29 bits per heavy atom. The largest absolute Gasteiger partial charge is 0.316 e. The van der Waals surface area contributed by atoms with Gasteiger partial charge in [-0.1, -0.05) is 43.5 Å². The highest BCUT2D eigenvalue weighted by atomic mass is 15.0. The quantitative estimate of drug-likeness (QED) is 0.629. The van der Waals surface area contributed by atoms with Crippen molar-refractivity contribution in [2.24, 2.45) is 0 Å². The van der Waals surface area contributed by atoms with Crippen molar-refractivity contribution >= 4 is 28.8 Å². The Hall–Kier alpha value is -2.24. The lowest BCUT2D eigenvalue weighted by molar-refractivity contribution is 1.15. The molecule has 17 heavy (non-hydrogen) atoms. The van der Waals surface area contributed by atoms with E-state index >= 15 is 0 Å². The van der Waals surface area contributed by atoms with Gasteiger partial charge in [-0.2, -0.15) is 0 Å². The molecule has 1 aromatic heterocycles. The third-order valence-corrected chi connectivity index (χ3v) is 3.24. The van der Waals surface area contributed by atoms with E-state index in [9.17, 15) is 0 Å². The summed E-state index contributed by atoms with van der Waals surface area (Å²) in [4.78, 5) is 0. The van der Waals surface area contributed by atoms with E-state index in [0.717, 1.165) is 12.0 Å². The van der Waals surface area contributed by atoms with E-state index in [4.69, 9.17) is 0 Å². The molecule has 0 amide bonds. The van der Waals surface area contributed by atoms with Crippen LogP contribution in [0.15, 0.2) is 49.2 Å². The van der Waals surface area contributed by atoms with Crippen molar-refractivity contribution in [1.29, 1.82) is 0 Å². The molecule has 82 valence electrons. The molecule has 1 nitrogen and oxygen atoms in total. The zero-order valence-electron chi connectivity index (χ0n) is 9.61. The molecule has 3 rings (SSSR count). The van der Waals surface area contributed by atoms with E-state index in [1.54, 1.807) is 0 Å². The van der Waals surface area contributed by atoms with Crippen molar-refractivity contribution in [2.45, 2.75) is 6.42 Å². The Bertz CT molecular complexity index is 692. The van der Waals surface area contributed by atoms with E-state index in [1.807, 2.05) is 6.20 Å². The molecule has 0 aliphatic heterocycles. The van der Waals surface area contributed by atoms with E-state index < -0.39 is 0 Å². The van der Waals surface area contributed by atoms with Gasteiger partial charge in [0.15, 0.2) is 0 Å². The van der Waals surface area contributed by atoms with Gasteiger partial charge in [0.05, 0.1) is 11.2 Å². The predicted molar refractivity (Wildman–Crippen MR) is 74.5 cm³/mol. The normalized spacial score (nSPS) is 13.5. The summed E-state index contributed by atoms with van der Waals surface area (Å²) in [6, 6.07) is 8.37. The van der Waals surface area contributed by atoms with Crippen LogP contribution in [0.3, 0.4) is 0 Å². The van der Waals surface area contributed by atoms with Crippen LogP contribution in [-0.2, 0) is 0 Å². The van der Waals surface area contributed by atoms with E-state index in [1.165, 1.54) is 22.2 Å². The van der Waals surface area contributed by atoms with E-state index in [-0.39, 0.29) is 0 Å². The third kappa shape index (κ3) is 1.27. The van der Waals surface area contributed by atoms with Gasteiger partial charge in [-0.3, -0.25) is 0 Å². The van der Waals surface area contributed by atoms with Gasteiger partial charge in [0.2, 0.25) is 0 Å². The molecule has 0 fully saturated rings. The van der Waals surface area contributed by atoms with Crippen molar-refractivity contribution in [3.05, 3.63) is 60.5 Å². The molecular weight excluding hydrogens is 206 g/mol. The Labute approximate surface area is 101 Å². The Morgan fingerprint density at radius 2 is 2.12 bits per heavy atom. The summed E-state index contributed by atoms with van der Waals surface area (Å²) in [7, 11) is 0. The fraction of sp³-hybridized carbons (Fsp3) is 0.0625. The van der Waals surface area contributed by atoms with Gasteiger partial charge in [0.25, 0.3) is 0 Å². The predicted octanol–water partition coefficient (Wildman–Crippen LogP) is 4.33. The molecule has 0 spiro atoms. The summed E-state index contributed by atoms with van der Waals surface area (Å²) < 4.78 is 2.13. The SMILES string of the molecule is C=C=C1CC=Cc2c1n(C=C)c1ccccc21. The molecule has 0 N–H and O–H groups in total. The molecule has 1 heterocycles. The number of para-hydroxylation sites is 1. The highest BCUT2D eigenvalue weighted by Gasteiger charge is 2.18. The molecule has 0 atom stereocenters. The van der Waals surface area contributed by atoms with Crippen LogP contribution in [0.2, 0.25) is 0 Å². The number of rotatable bonds is 1. The lowest BCUT2D eigenvalue weighted by Crippen LogP contribution is -1.97. The second-order valence-electron chi connectivity index (χ2n) is 4.09. The number of aromatic nitrogens is 1. The van der Waals surface area contributed by atoms with E-state index in [0.29, 0.717) is 0 Å². The van der Waals surface area contributed by atoms with Gasteiger partial charge in [-0.15, -0.1) is 5.73 Å². The van der Waals surface area contributed by atoms with Crippen molar-refractivity contribution in [2.75, 3.05) is 0 Å². The molecular formula is C16H13N. The maximum absolute atomic E-state index is 3.91. The molecule has 0 radical (unpaired) electrons. The monoisotopic (exact) mass is 219 g/mol. The highest BCUT2D eigenvalue weighted by molar-refractivity contribution is 5.98. The summed E-state index contributed by atoms with van der Waals surface area (Å²) in [6.07, 6.45) is 7.09. The van der Waals surface area contributed by atoms with Crippen LogP contribution in [0.4, 0.5) is 0 Å². The first-order valence-electron chi connectivity index (χ1n) is 5.68. The summed E-state index contributed by atoms with van der Waals surface area (Å²) in [5.74, 6) is 0. The van der Waals surface area contributed by atoms with Gasteiger partial charge in [-0.25, -0.2) is 0 Å². The van der Waals surface area contributed by atoms with Gasteiger partial charge < -0.3 is 4.57 Å². The zero-order valence-corrected chi connectivity index (χ0v) is 9.61. The third-order valence-electron chi connectivity index (χ3n) is 3.24. The van der Waals surface area contributed by atoms with Gasteiger partial charge >= 0.3 is 0 Å². The van der Waals surface area contributed by atoms with Crippen LogP contribution in [0, 0.1) is 0 Å². The second-order valence-corrected chi connectivity index (χ2v) is 4.09. The van der Waals surface area contributed by atoms with Gasteiger partial charge in [-0.05, 0) is 6.07 Å². The molecule has 1 aliphatic rings. The lowest BCUT2D eigenvalue weighted by atomic mass is 9.98. The van der Waals surface area contributed by atoms with Crippen molar-refractivity contribution in [1.82, 2.24) is 4.57 Å². The average Bonchev–Trinajstić information content (AvgIpc) is 2.72. The summed E-state index contributed by atoms with van der Waals surface area (Å²) in [6.45, 7) is 7.69. The first kappa shape index (κ1) is 9.95. The molecule has 1 aliphatic carbocycles. The average molecular weight is 219 g/mol. The van der Waals surface area contributed by atoms with Crippen LogP contribution >= 0.6 is 0 Å². The smallest absolute Gasteiger partial charge is 0.0646 e. The number of hydrogen-bond donors (Lipinski definition) is 0. The Morgan fingerprint density at radius 3 is 2.88 bits per heavy atom. The fourth-order valence-corrected chi connectivity index (χ4v) is 2.50. The Kier molecular flexibility index (Phi) is 2.14. The maximum Gasteiger partial charge on any atom is 0.0646 e. The van der Waals surface area contributed by atoms with Crippen LogP contribution < -0.4 is 0 Å². The minimum absolute atomic E-state index is 0.890. The van der Waals surface area contributed by atoms with Crippen molar-refractivity contribution in [3.63, 3.8) is 0 Å². The van der Waals surface area contributed by atoms with Crippen LogP contribution in [-0.4, -0.2) is 4.57 Å². The van der Waals surface area contributed by atoms with Crippen molar-refractivity contribution in [3.8, 4) is 0 Å².